The minimum atomic E-state index is -0.00176. The fourth-order valence-corrected chi connectivity index (χ4v) is 0.970. The summed E-state index contributed by atoms with van der Waals surface area (Å²) in [6.07, 6.45) is 1.61. The van der Waals surface area contributed by atoms with Crippen LogP contribution < -0.4 is 0 Å². The van der Waals surface area contributed by atoms with Gasteiger partial charge in [0.25, 0.3) is 0 Å². The van der Waals surface area contributed by atoms with Crippen LogP contribution in [0.3, 0.4) is 0 Å². The van der Waals surface area contributed by atoms with Crippen LogP contribution in [-0.4, -0.2) is 10.8 Å². The summed E-state index contributed by atoms with van der Waals surface area (Å²) in [5, 5.41) is 0.495. The van der Waals surface area contributed by atoms with Crippen LogP contribution in [-0.2, 0) is 0 Å². The number of hydrogen-bond donors (Lipinski definition) is 1. The summed E-state index contributed by atoms with van der Waals surface area (Å²) in [5.74, 6) is -0.00176. The minimum absolute atomic E-state index is 0.00176. The lowest BCUT2D eigenvalue weighted by Crippen LogP contribution is -1.94. The molecule has 0 aliphatic carbocycles. The molecule has 0 fully saturated rings. The van der Waals surface area contributed by atoms with E-state index in [4.69, 9.17) is 0 Å². The summed E-state index contributed by atoms with van der Waals surface area (Å²) in [4.78, 5) is 14.6. The van der Waals surface area contributed by atoms with Gasteiger partial charge in [0, 0.05) is 11.8 Å². The molecule has 2 nitrogen and oxygen atoms in total. The molecule has 1 rings (SSSR count). The molecule has 0 saturated heterocycles. The Kier molecular flexibility index (Phi) is 2.06. The van der Waals surface area contributed by atoms with E-state index in [2.05, 4.69) is 17.6 Å². The Hall–Kier alpha value is -0.830. The van der Waals surface area contributed by atoms with Crippen LogP contribution in [0.25, 0.3) is 0 Å². The summed E-state index contributed by atoms with van der Waals surface area (Å²) in [7, 11) is 0. The van der Waals surface area contributed by atoms with E-state index in [0.717, 1.165) is 0 Å². The SMILES string of the molecule is CC(=O)c1cccnc1S. The van der Waals surface area contributed by atoms with E-state index < -0.39 is 0 Å². The molecule has 3 heteroatoms. The monoisotopic (exact) mass is 153 g/mol. The van der Waals surface area contributed by atoms with Gasteiger partial charge in [-0.25, -0.2) is 4.98 Å². The van der Waals surface area contributed by atoms with Crippen molar-refractivity contribution in [2.75, 3.05) is 0 Å². The van der Waals surface area contributed by atoms with E-state index in [9.17, 15) is 4.79 Å². The first kappa shape index (κ1) is 7.28. The highest BCUT2D eigenvalue weighted by atomic mass is 32.1. The molecule has 52 valence electrons. The van der Waals surface area contributed by atoms with Gasteiger partial charge in [0.15, 0.2) is 5.78 Å². The second kappa shape index (κ2) is 2.84. The van der Waals surface area contributed by atoms with Gasteiger partial charge in [-0.2, -0.15) is 0 Å². The molecule has 0 radical (unpaired) electrons. The van der Waals surface area contributed by atoms with Crippen molar-refractivity contribution in [1.29, 1.82) is 0 Å². The maximum absolute atomic E-state index is 10.8. The molecule has 0 aliphatic rings. The van der Waals surface area contributed by atoms with Gasteiger partial charge in [0.1, 0.15) is 5.03 Å². The van der Waals surface area contributed by atoms with Gasteiger partial charge in [-0.15, -0.1) is 12.6 Å². The first-order valence-corrected chi connectivity index (χ1v) is 3.31. The Morgan fingerprint density at radius 2 is 2.40 bits per heavy atom. The Balaban J connectivity index is 3.15. The smallest absolute Gasteiger partial charge is 0.162 e. The van der Waals surface area contributed by atoms with E-state index >= 15 is 0 Å². The van der Waals surface area contributed by atoms with Crippen molar-refractivity contribution < 1.29 is 4.79 Å². The van der Waals surface area contributed by atoms with Crippen molar-refractivity contribution in [2.24, 2.45) is 0 Å². The number of aromatic nitrogens is 1. The van der Waals surface area contributed by atoms with Crippen LogP contribution in [0.4, 0.5) is 0 Å². The first-order chi connectivity index (χ1) is 4.72. The topological polar surface area (TPSA) is 30.0 Å². The minimum Gasteiger partial charge on any atom is -0.294 e. The number of hydrogen-bond acceptors (Lipinski definition) is 3. The number of carbonyl (C=O) groups is 1. The molecule has 0 aromatic carbocycles. The van der Waals surface area contributed by atoms with E-state index in [1.807, 2.05) is 0 Å². The van der Waals surface area contributed by atoms with Gasteiger partial charge in [-0.3, -0.25) is 4.79 Å². The lowest BCUT2D eigenvalue weighted by Gasteiger charge is -1.95. The average molecular weight is 153 g/mol. The Morgan fingerprint density at radius 3 is 2.80 bits per heavy atom. The van der Waals surface area contributed by atoms with Crippen molar-refractivity contribution in [2.45, 2.75) is 11.9 Å². The molecule has 1 heterocycles. The third-order valence-electron chi connectivity index (χ3n) is 1.17. The standard InChI is InChI=1S/C7H7NOS/c1-5(9)6-3-2-4-8-7(6)10/h2-4H,1H3,(H,8,10). The maximum atomic E-state index is 10.8. The number of carbonyl (C=O) groups excluding carboxylic acids is 1. The third-order valence-corrected chi connectivity index (χ3v) is 1.52. The lowest BCUT2D eigenvalue weighted by atomic mass is 10.2. The van der Waals surface area contributed by atoms with E-state index in [1.54, 1.807) is 18.3 Å². The zero-order valence-electron chi connectivity index (χ0n) is 5.53. The Morgan fingerprint density at radius 1 is 1.70 bits per heavy atom. The Bertz CT molecular complexity index is 260. The number of Topliss-reactive ketones (excluding diaryl/α,β-unsaturated/α-hetero) is 1. The number of ketones is 1. The van der Waals surface area contributed by atoms with Crippen LogP contribution in [0.15, 0.2) is 23.4 Å². The Labute approximate surface area is 64.7 Å². The summed E-state index contributed by atoms with van der Waals surface area (Å²) >= 11 is 4.01. The molecular weight excluding hydrogens is 146 g/mol. The molecule has 0 N–H and O–H groups in total. The second-order valence-corrected chi connectivity index (χ2v) is 2.35. The molecule has 0 atom stereocenters. The maximum Gasteiger partial charge on any atom is 0.162 e. The van der Waals surface area contributed by atoms with Gasteiger partial charge >= 0.3 is 0 Å². The molecular formula is C7H7NOS. The van der Waals surface area contributed by atoms with Gasteiger partial charge in [0.05, 0.1) is 0 Å². The quantitative estimate of drug-likeness (QED) is 0.490. The first-order valence-electron chi connectivity index (χ1n) is 2.86. The third kappa shape index (κ3) is 1.36. The predicted molar refractivity (Wildman–Crippen MR) is 41.5 cm³/mol. The zero-order chi connectivity index (χ0) is 7.56. The molecule has 0 unspecified atom stereocenters. The van der Waals surface area contributed by atoms with Gasteiger partial charge in [-0.05, 0) is 19.1 Å². The van der Waals surface area contributed by atoms with Crippen LogP contribution >= 0.6 is 12.6 Å². The number of rotatable bonds is 1. The van der Waals surface area contributed by atoms with Crippen molar-refractivity contribution in [3.63, 3.8) is 0 Å². The second-order valence-electron chi connectivity index (χ2n) is 1.93. The highest BCUT2D eigenvalue weighted by Crippen LogP contribution is 2.08. The highest BCUT2D eigenvalue weighted by Gasteiger charge is 2.01. The molecule has 1 aromatic rings. The molecule has 0 saturated carbocycles. The van der Waals surface area contributed by atoms with Crippen LogP contribution in [0.1, 0.15) is 17.3 Å². The van der Waals surface area contributed by atoms with Gasteiger partial charge < -0.3 is 0 Å². The van der Waals surface area contributed by atoms with Crippen molar-refractivity contribution >= 4 is 18.4 Å². The van der Waals surface area contributed by atoms with Crippen LogP contribution in [0, 0.1) is 0 Å². The fraction of sp³-hybridized carbons (Fsp3) is 0.143. The fourth-order valence-electron chi connectivity index (χ4n) is 0.672. The molecule has 0 amide bonds. The number of pyridine rings is 1. The molecule has 10 heavy (non-hydrogen) atoms. The van der Waals surface area contributed by atoms with Gasteiger partial charge in [0.2, 0.25) is 0 Å². The van der Waals surface area contributed by atoms with Crippen molar-refractivity contribution in [3.05, 3.63) is 23.9 Å². The molecule has 1 aromatic heterocycles. The largest absolute Gasteiger partial charge is 0.294 e. The lowest BCUT2D eigenvalue weighted by molar-refractivity contribution is 0.101. The molecule has 0 aliphatic heterocycles. The van der Waals surface area contributed by atoms with E-state index in [0.29, 0.717) is 10.6 Å². The van der Waals surface area contributed by atoms with Crippen LogP contribution in [0.2, 0.25) is 0 Å². The number of nitrogens with zero attached hydrogens (tertiary/aromatic N) is 1. The summed E-state index contributed by atoms with van der Waals surface area (Å²) in [5.41, 5.74) is 0.575. The predicted octanol–water partition coefficient (Wildman–Crippen LogP) is 1.57. The highest BCUT2D eigenvalue weighted by molar-refractivity contribution is 7.80. The average Bonchev–Trinajstić information content (AvgIpc) is 1.88. The zero-order valence-corrected chi connectivity index (χ0v) is 6.43. The molecule has 0 spiro atoms. The summed E-state index contributed by atoms with van der Waals surface area (Å²) < 4.78 is 0. The van der Waals surface area contributed by atoms with E-state index in [1.165, 1.54) is 6.92 Å². The van der Waals surface area contributed by atoms with Crippen LogP contribution in [0.5, 0.6) is 0 Å². The number of thiol groups is 1. The van der Waals surface area contributed by atoms with Gasteiger partial charge in [-0.1, -0.05) is 0 Å². The summed E-state index contributed by atoms with van der Waals surface area (Å²) in [6, 6.07) is 3.42. The van der Waals surface area contributed by atoms with Crippen molar-refractivity contribution in [3.8, 4) is 0 Å². The summed E-state index contributed by atoms with van der Waals surface area (Å²) in [6.45, 7) is 1.50. The molecule has 0 bridgehead atoms. The van der Waals surface area contributed by atoms with E-state index in [-0.39, 0.29) is 5.78 Å². The normalized spacial score (nSPS) is 9.40. The van der Waals surface area contributed by atoms with Crippen molar-refractivity contribution in [1.82, 2.24) is 4.98 Å².